The highest BCUT2D eigenvalue weighted by molar-refractivity contribution is 6.81. The van der Waals surface area contributed by atoms with Gasteiger partial charge in [0.2, 0.25) is 0 Å². The molecule has 3 rings (SSSR count). The third-order valence-electron chi connectivity index (χ3n) is 3.90. The van der Waals surface area contributed by atoms with Gasteiger partial charge < -0.3 is 10.4 Å². The van der Waals surface area contributed by atoms with Crippen molar-refractivity contribution in [3.8, 4) is 11.1 Å². The third-order valence-corrected chi connectivity index (χ3v) is 4.16. The molecular weight excluding hydrogens is 316 g/mol. The van der Waals surface area contributed by atoms with E-state index in [1.54, 1.807) is 0 Å². The SMILES string of the molecule is NCCOB(c1ccc(Cl)cc1)c1ccccc1-c1ccccc1. The van der Waals surface area contributed by atoms with Gasteiger partial charge in [0, 0.05) is 18.2 Å². The Kier molecular flexibility index (Phi) is 5.70. The number of hydrogen-bond donors (Lipinski definition) is 1. The summed E-state index contributed by atoms with van der Waals surface area (Å²) in [6.07, 6.45) is 0. The molecule has 0 aliphatic carbocycles. The van der Waals surface area contributed by atoms with Crippen LogP contribution in [0.2, 0.25) is 5.02 Å². The molecule has 0 radical (unpaired) electrons. The highest BCUT2D eigenvalue weighted by Crippen LogP contribution is 2.17. The molecule has 0 atom stereocenters. The number of benzene rings is 3. The minimum absolute atomic E-state index is 0.178. The van der Waals surface area contributed by atoms with Crippen LogP contribution >= 0.6 is 11.6 Å². The Labute approximate surface area is 148 Å². The van der Waals surface area contributed by atoms with Crippen molar-refractivity contribution in [3.63, 3.8) is 0 Å². The first-order valence-electron chi connectivity index (χ1n) is 8.01. The van der Waals surface area contributed by atoms with E-state index in [9.17, 15) is 0 Å². The zero-order valence-corrected chi connectivity index (χ0v) is 14.1. The van der Waals surface area contributed by atoms with Crippen LogP contribution in [0.15, 0.2) is 78.9 Å². The zero-order chi connectivity index (χ0) is 16.8. The van der Waals surface area contributed by atoms with Gasteiger partial charge in [-0.05, 0) is 34.2 Å². The Hall–Kier alpha value is -2.07. The van der Waals surface area contributed by atoms with Crippen molar-refractivity contribution in [2.75, 3.05) is 13.2 Å². The van der Waals surface area contributed by atoms with E-state index in [0.717, 1.165) is 16.5 Å². The fraction of sp³-hybridized carbons (Fsp3) is 0.100. The van der Waals surface area contributed by atoms with Gasteiger partial charge in [-0.1, -0.05) is 78.3 Å². The summed E-state index contributed by atoms with van der Waals surface area (Å²) in [4.78, 5) is 0. The monoisotopic (exact) mass is 335 g/mol. The van der Waals surface area contributed by atoms with Crippen LogP contribution in [0, 0.1) is 0 Å². The number of hydrogen-bond acceptors (Lipinski definition) is 2. The van der Waals surface area contributed by atoms with Crippen LogP contribution in [0.1, 0.15) is 0 Å². The van der Waals surface area contributed by atoms with E-state index in [1.165, 1.54) is 5.56 Å². The molecule has 0 unspecified atom stereocenters. The van der Waals surface area contributed by atoms with Gasteiger partial charge in [0.25, 0.3) is 0 Å². The van der Waals surface area contributed by atoms with Crippen LogP contribution < -0.4 is 16.7 Å². The minimum atomic E-state index is -0.178. The molecule has 0 bridgehead atoms. The maximum Gasteiger partial charge on any atom is 0.362 e. The summed E-state index contributed by atoms with van der Waals surface area (Å²) in [5, 5.41) is 0.715. The maximum absolute atomic E-state index is 6.10. The molecule has 0 saturated heterocycles. The molecule has 0 aliphatic rings. The molecule has 0 spiro atoms. The molecule has 3 aromatic rings. The van der Waals surface area contributed by atoms with Gasteiger partial charge in [-0.25, -0.2) is 0 Å². The highest BCUT2D eigenvalue weighted by atomic mass is 35.5. The molecule has 4 heteroatoms. The van der Waals surface area contributed by atoms with Gasteiger partial charge in [-0.15, -0.1) is 0 Å². The molecule has 2 N–H and O–H groups in total. The lowest BCUT2D eigenvalue weighted by molar-refractivity contribution is 0.345. The summed E-state index contributed by atoms with van der Waals surface area (Å²) in [6, 6.07) is 26.4. The fourth-order valence-electron chi connectivity index (χ4n) is 2.80. The van der Waals surface area contributed by atoms with Crippen molar-refractivity contribution in [2.24, 2.45) is 5.73 Å². The van der Waals surface area contributed by atoms with E-state index in [-0.39, 0.29) is 6.92 Å². The van der Waals surface area contributed by atoms with Crippen LogP contribution in [-0.4, -0.2) is 20.1 Å². The van der Waals surface area contributed by atoms with Crippen molar-refractivity contribution in [1.29, 1.82) is 0 Å². The predicted octanol–water partition coefficient (Wildman–Crippen LogP) is 3.09. The van der Waals surface area contributed by atoms with E-state index in [4.69, 9.17) is 22.0 Å². The molecule has 3 aromatic carbocycles. The van der Waals surface area contributed by atoms with Gasteiger partial charge in [-0.3, -0.25) is 0 Å². The highest BCUT2D eigenvalue weighted by Gasteiger charge is 2.24. The van der Waals surface area contributed by atoms with Crippen LogP contribution in [0.4, 0.5) is 0 Å². The van der Waals surface area contributed by atoms with Gasteiger partial charge in [0.15, 0.2) is 0 Å². The number of halogens is 1. The molecular formula is C20H19BClNO. The first kappa shape index (κ1) is 16.8. The summed E-state index contributed by atoms with van der Waals surface area (Å²) in [5.74, 6) is 0. The van der Waals surface area contributed by atoms with E-state index in [2.05, 4.69) is 24.3 Å². The van der Waals surface area contributed by atoms with E-state index in [0.29, 0.717) is 18.2 Å². The van der Waals surface area contributed by atoms with Crippen molar-refractivity contribution in [2.45, 2.75) is 0 Å². The lowest BCUT2D eigenvalue weighted by Crippen LogP contribution is -2.46. The van der Waals surface area contributed by atoms with Gasteiger partial charge in [0.1, 0.15) is 0 Å². The van der Waals surface area contributed by atoms with E-state index in [1.807, 2.05) is 54.6 Å². The van der Waals surface area contributed by atoms with Crippen molar-refractivity contribution in [3.05, 3.63) is 83.9 Å². The van der Waals surface area contributed by atoms with E-state index < -0.39 is 0 Å². The Balaban J connectivity index is 2.06. The van der Waals surface area contributed by atoms with Gasteiger partial charge >= 0.3 is 6.92 Å². The molecule has 0 amide bonds. The molecule has 0 fully saturated rings. The number of rotatable bonds is 6. The van der Waals surface area contributed by atoms with Crippen LogP contribution in [0.25, 0.3) is 11.1 Å². The smallest absolute Gasteiger partial charge is 0.362 e. The van der Waals surface area contributed by atoms with Crippen LogP contribution in [0.5, 0.6) is 0 Å². The maximum atomic E-state index is 6.10. The second-order valence-corrected chi connectivity index (χ2v) is 5.98. The average Bonchev–Trinajstić information content (AvgIpc) is 2.64. The topological polar surface area (TPSA) is 35.2 Å². The van der Waals surface area contributed by atoms with Crippen molar-refractivity contribution < 1.29 is 4.65 Å². The Morgan fingerprint density at radius 2 is 1.50 bits per heavy atom. The second-order valence-electron chi connectivity index (χ2n) is 5.54. The fourth-order valence-corrected chi connectivity index (χ4v) is 2.92. The molecule has 120 valence electrons. The summed E-state index contributed by atoms with van der Waals surface area (Å²) in [7, 11) is 0. The molecule has 0 aromatic heterocycles. The molecule has 0 aliphatic heterocycles. The molecule has 0 heterocycles. The summed E-state index contributed by atoms with van der Waals surface area (Å²) in [5.41, 5.74) is 10.2. The minimum Gasteiger partial charge on any atom is -0.426 e. The normalized spacial score (nSPS) is 10.6. The van der Waals surface area contributed by atoms with Gasteiger partial charge in [0.05, 0.1) is 0 Å². The summed E-state index contributed by atoms with van der Waals surface area (Å²) in [6.45, 7) is 0.802. The van der Waals surface area contributed by atoms with E-state index >= 15 is 0 Å². The van der Waals surface area contributed by atoms with Crippen molar-refractivity contribution >= 4 is 29.4 Å². The first-order valence-corrected chi connectivity index (χ1v) is 8.39. The Bertz CT molecular complexity index is 777. The Morgan fingerprint density at radius 1 is 0.833 bits per heavy atom. The second kappa shape index (κ2) is 8.16. The molecule has 0 saturated carbocycles. The third kappa shape index (κ3) is 3.88. The summed E-state index contributed by atoms with van der Waals surface area (Å²) < 4.78 is 6.10. The largest absolute Gasteiger partial charge is 0.426 e. The summed E-state index contributed by atoms with van der Waals surface area (Å²) >= 11 is 6.03. The average molecular weight is 336 g/mol. The first-order chi connectivity index (χ1) is 11.8. The lowest BCUT2D eigenvalue weighted by atomic mass is 9.53. The molecule has 24 heavy (non-hydrogen) atoms. The molecule has 2 nitrogen and oxygen atoms in total. The van der Waals surface area contributed by atoms with Crippen molar-refractivity contribution in [1.82, 2.24) is 0 Å². The zero-order valence-electron chi connectivity index (χ0n) is 13.4. The lowest BCUT2D eigenvalue weighted by Gasteiger charge is -2.18. The quantitative estimate of drug-likeness (QED) is 0.703. The standard InChI is InChI=1S/C20H19BClNO/c22-18-12-10-17(11-13-18)21(24-15-14-23)20-9-5-4-8-19(20)16-6-2-1-3-7-16/h1-13H,14-15,23H2. The number of nitrogens with two attached hydrogens (primary N) is 1. The Morgan fingerprint density at radius 3 is 2.21 bits per heavy atom. The van der Waals surface area contributed by atoms with Crippen LogP contribution in [-0.2, 0) is 4.65 Å². The van der Waals surface area contributed by atoms with Gasteiger partial charge in [-0.2, -0.15) is 0 Å². The van der Waals surface area contributed by atoms with Crippen LogP contribution in [0.3, 0.4) is 0 Å². The predicted molar refractivity (Wildman–Crippen MR) is 103 cm³/mol.